The van der Waals surface area contributed by atoms with E-state index in [0.717, 1.165) is 32.0 Å². The van der Waals surface area contributed by atoms with Gasteiger partial charge in [-0.05, 0) is 37.3 Å². The molecule has 2 fully saturated rings. The van der Waals surface area contributed by atoms with Crippen LogP contribution < -0.4 is 0 Å². The van der Waals surface area contributed by atoms with Crippen molar-refractivity contribution < 1.29 is 9.53 Å². The van der Waals surface area contributed by atoms with E-state index in [1.54, 1.807) is 18.5 Å². The largest absolute Gasteiger partial charge is 0.376 e. The van der Waals surface area contributed by atoms with E-state index in [9.17, 15) is 4.79 Å². The number of rotatable bonds is 4. The third-order valence-corrected chi connectivity index (χ3v) is 3.61. The molecular weight excluding hydrogens is 228 g/mol. The molecule has 1 aliphatic heterocycles. The normalized spacial score (nSPS) is 23.3. The van der Waals surface area contributed by atoms with Gasteiger partial charge in [-0.3, -0.25) is 9.78 Å². The minimum atomic E-state index is 0.0700. The molecule has 4 nitrogen and oxygen atoms in total. The zero-order valence-electron chi connectivity index (χ0n) is 10.4. The van der Waals surface area contributed by atoms with Gasteiger partial charge < -0.3 is 9.64 Å². The Labute approximate surface area is 107 Å². The lowest BCUT2D eigenvalue weighted by Gasteiger charge is -2.16. The summed E-state index contributed by atoms with van der Waals surface area (Å²) in [6, 6.07) is 3.61. The Hall–Kier alpha value is -1.42. The number of pyridine rings is 1. The Kier molecular flexibility index (Phi) is 3.28. The molecule has 18 heavy (non-hydrogen) atoms. The first-order valence-corrected chi connectivity index (χ1v) is 6.64. The number of amides is 1. The molecule has 1 atom stereocenters. The highest BCUT2D eigenvalue weighted by Crippen LogP contribution is 2.30. The molecule has 0 aromatic carbocycles. The number of carbonyl (C=O) groups excluding carboxylic acids is 1. The average Bonchev–Trinajstić information content (AvgIpc) is 3.14. The van der Waals surface area contributed by atoms with Crippen molar-refractivity contribution in [2.45, 2.75) is 25.4 Å². The Morgan fingerprint density at radius 3 is 3.06 bits per heavy atom. The van der Waals surface area contributed by atoms with Gasteiger partial charge in [0.1, 0.15) is 0 Å². The van der Waals surface area contributed by atoms with E-state index in [1.807, 2.05) is 11.0 Å². The van der Waals surface area contributed by atoms with Gasteiger partial charge in [0.05, 0.1) is 11.7 Å². The van der Waals surface area contributed by atoms with Crippen LogP contribution in [0.15, 0.2) is 24.5 Å². The molecule has 4 heteroatoms. The van der Waals surface area contributed by atoms with Crippen molar-refractivity contribution >= 4 is 5.91 Å². The second-order valence-corrected chi connectivity index (χ2v) is 5.18. The van der Waals surface area contributed by atoms with Crippen LogP contribution in [0.2, 0.25) is 0 Å². The number of hydrogen-bond acceptors (Lipinski definition) is 3. The van der Waals surface area contributed by atoms with Crippen molar-refractivity contribution in [3.63, 3.8) is 0 Å². The van der Waals surface area contributed by atoms with Crippen LogP contribution in [0, 0.1) is 5.92 Å². The van der Waals surface area contributed by atoms with Crippen LogP contribution in [0.3, 0.4) is 0 Å². The van der Waals surface area contributed by atoms with Crippen LogP contribution in [-0.2, 0) is 4.74 Å². The standard InChI is InChI=1S/C14H18N2O2/c17-14(12-2-1-6-15-8-12)16-7-5-13(9-16)18-10-11-3-4-11/h1-2,6,8,11,13H,3-5,7,9-10H2/t13-/m0/s1. The maximum atomic E-state index is 12.2. The summed E-state index contributed by atoms with van der Waals surface area (Å²) in [6.45, 7) is 2.39. The third-order valence-electron chi connectivity index (χ3n) is 3.61. The molecule has 1 aromatic rings. The summed E-state index contributed by atoms with van der Waals surface area (Å²) in [7, 11) is 0. The second kappa shape index (κ2) is 5.06. The summed E-state index contributed by atoms with van der Waals surface area (Å²) in [6.07, 6.45) is 7.11. The van der Waals surface area contributed by atoms with Gasteiger partial charge in [0.25, 0.3) is 5.91 Å². The molecule has 0 bridgehead atoms. The van der Waals surface area contributed by atoms with E-state index in [2.05, 4.69) is 4.98 Å². The number of ether oxygens (including phenoxy) is 1. The Morgan fingerprint density at radius 2 is 2.33 bits per heavy atom. The molecule has 96 valence electrons. The summed E-state index contributed by atoms with van der Waals surface area (Å²) in [4.78, 5) is 18.0. The Balaban J connectivity index is 1.53. The van der Waals surface area contributed by atoms with E-state index >= 15 is 0 Å². The summed E-state index contributed by atoms with van der Waals surface area (Å²) in [5.41, 5.74) is 0.667. The molecule has 0 radical (unpaired) electrons. The predicted molar refractivity (Wildman–Crippen MR) is 67.2 cm³/mol. The lowest BCUT2D eigenvalue weighted by Crippen LogP contribution is -2.30. The maximum Gasteiger partial charge on any atom is 0.255 e. The van der Waals surface area contributed by atoms with E-state index < -0.39 is 0 Å². The zero-order valence-corrected chi connectivity index (χ0v) is 10.4. The lowest BCUT2D eigenvalue weighted by atomic mass is 10.2. The van der Waals surface area contributed by atoms with Crippen LogP contribution >= 0.6 is 0 Å². The highest BCUT2D eigenvalue weighted by Gasteiger charge is 2.29. The quantitative estimate of drug-likeness (QED) is 0.812. The van der Waals surface area contributed by atoms with Gasteiger partial charge in [-0.1, -0.05) is 0 Å². The smallest absolute Gasteiger partial charge is 0.255 e. The summed E-state index contributed by atoms with van der Waals surface area (Å²) < 4.78 is 5.83. The van der Waals surface area contributed by atoms with Crippen molar-refractivity contribution in [2.75, 3.05) is 19.7 Å². The Bertz CT molecular complexity index is 417. The summed E-state index contributed by atoms with van der Waals surface area (Å²) in [5.74, 6) is 0.855. The van der Waals surface area contributed by atoms with Gasteiger partial charge in [0.2, 0.25) is 0 Å². The number of likely N-dealkylation sites (tertiary alicyclic amines) is 1. The van der Waals surface area contributed by atoms with Gasteiger partial charge in [-0.15, -0.1) is 0 Å². The first-order chi connectivity index (χ1) is 8.83. The number of aromatic nitrogens is 1. The summed E-state index contributed by atoms with van der Waals surface area (Å²) in [5, 5.41) is 0. The van der Waals surface area contributed by atoms with Crippen molar-refractivity contribution in [3.8, 4) is 0 Å². The molecule has 1 saturated heterocycles. The highest BCUT2D eigenvalue weighted by atomic mass is 16.5. The second-order valence-electron chi connectivity index (χ2n) is 5.18. The molecule has 1 amide bonds. The third kappa shape index (κ3) is 2.70. The first kappa shape index (κ1) is 11.7. The van der Waals surface area contributed by atoms with Crippen LogP contribution in [0.4, 0.5) is 0 Å². The number of nitrogens with zero attached hydrogens (tertiary/aromatic N) is 2. The first-order valence-electron chi connectivity index (χ1n) is 6.64. The average molecular weight is 246 g/mol. The summed E-state index contributed by atoms with van der Waals surface area (Å²) >= 11 is 0. The predicted octanol–water partition coefficient (Wildman–Crippen LogP) is 1.72. The van der Waals surface area contributed by atoms with Crippen molar-refractivity contribution in [1.29, 1.82) is 0 Å². The molecule has 1 saturated carbocycles. The van der Waals surface area contributed by atoms with Crippen LogP contribution in [0.5, 0.6) is 0 Å². The van der Waals surface area contributed by atoms with E-state index in [-0.39, 0.29) is 12.0 Å². The van der Waals surface area contributed by atoms with Crippen molar-refractivity contribution in [3.05, 3.63) is 30.1 Å². The van der Waals surface area contributed by atoms with E-state index in [1.165, 1.54) is 12.8 Å². The molecule has 2 aliphatic rings. The SMILES string of the molecule is O=C(c1cccnc1)N1CC[C@H](OCC2CC2)C1. The molecule has 0 N–H and O–H groups in total. The number of carbonyl (C=O) groups is 1. The molecular formula is C14H18N2O2. The topological polar surface area (TPSA) is 42.4 Å². The fourth-order valence-electron chi connectivity index (χ4n) is 2.28. The fraction of sp³-hybridized carbons (Fsp3) is 0.571. The molecule has 0 spiro atoms. The minimum Gasteiger partial charge on any atom is -0.376 e. The van der Waals surface area contributed by atoms with Gasteiger partial charge in [0, 0.05) is 32.1 Å². The van der Waals surface area contributed by atoms with Crippen LogP contribution in [0.1, 0.15) is 29.6 Å². The molecule has 0 unspecified atom stereocenters. The maximum absolute atomic E-state index is 12.2. The van der Waals surface area contributed by atoms with E-state index in [0.29, 0.717) is 5.56 Å². The Morgan fingerprint density at radius 1 is 1.44 bits per heavy atom. The molecule has 1 aromatic heterocycles. The van der Waals surface area contributed by atoms with Crippen molar-refractivity contribution in [1.82, 2.24) is 9.88 Å². The van der Waals surface area contributed by atoms with Gasteiger partial charge in [-0.25, -0.2) is 0 Å². The van der Waals surface area contributed by atoms with Gasteiger partial charge in [0.15, 0.2) is 0 Å². The van der Waals surface area contributed by atoms with Gasteiger partial charge in [-0.2, -0.15) is 0 Å². The van der Waals surface area contributed by atoms with Crippen molar-refractivity contribution in [2.24, 2.45) is 5.92 Å². The zero-order chi connectivity index (χ0) is 12.4. The van der Waals surface area contributed by atoms with Crippen LogP contribution in [-0.4, -0.2) is 41.6 Å². The number of hydrogen-bond donors (Lipinski definition) is 0. The molecule has 2 heterocycles. The van der Waals surface area contributed by atoms with Gasteiger partial charge >= 0.3 is 0 Å². The molecule has 3 rings (SSSR count). The van der Waals surface area contributed by atoms with Crippen LogP contribution in [0.25, 0.3) is 0 Å². The monoisotopic (exact) mass is 246 g/mol. The lowest BCUT2D eigenvalue weighted by molar-refractivity contribution is 0.0480. The highest BCUT2D eigenvalue weighted by molar-refractivity contribution is 5.94. The molecule has 1 aliphatic carbocycles. The fourth-order valence-corrected chi connectivity index (χ4v) is 2.28. The van der Waals surface area contributed by atoms with E-state index in [4.69, 9.17) is 4.74 Å². The minimum absolute atomic E-state index is 0.0700.